The molecule has 3 heterocycles. The second-order valence-corrected chi connectivity index (χ2v) is 7.14. The van der Waals surface area contributed by atoms with E-state index in [1.54, 1.807) is 12.4 Å². The first kappa shape index (κ1) is 19.7. The van der Waals surface area contributed by atoms with Gasteiger partial charge in [-0.15, -0.1) is 0 Å². The topological polar surface area (TPSA) is 159 Å². The number of amides is 1. The molecule has 0 radical (unpaired) electrons. The minimum Gasteiger partial charge on any atom is -0.381 e. The Morgan fingerprint density at radius 1 is 1.23 bits per heavy atom. The Balaban J connectivity index is 1.55. The summed E-state index contributed by atoms with van der Waals surface area (Å²) in [6.07, 6.45) is 6.08. The number of benzene rings is 1. The molecule has 0 saturated carbocycles. The summed E-state index contributed by atoms with van der Waals surface area (Å²) in [5.41, 5.74) is 13.1. The predicted molar refractivity (Wildman–Crippen MR) is 111 cm³/mol. The molecule has 1 amide bonds. The number of aromatic nitrogens is 5. The van der Waals surface area contributed by atoms with Gasteiger partial charge < -0.3 is 26.8 Å². The van der Waals surface area contributed by atoms with Crippen LogP contribution in [0.2, 0.25) is 0 Å². The van der Waals surface area contributed by atoms with Crippen LogP contribution in [0.3, 0.4) is 0 Å². The number of nitrogens with one attached hydrogen (secondary N) is 2. The molecule has 156 valence electrons. The molecular weight excluding hydrogens is 386 g/mol. The molecule has 4 rings (SSSR count). The van der Waals surface area contributed by atoms with Crippen LogP contribution in [0.5, 0.6) is 0 Å². The van der Waals surface area contributed by atoms with Gasteiger partial charge in [-0.25, -0.2) is 4.98 Å². The molecule has 30 heavy (non-hydrogen) atoms. The zero-order chi connectivity index (χ0) is 21.0. The molecule has 0 spiro atoms. The highest BCUT2D eigenvalue weighted by molar-refractivity contribution is 5.98. The third-order valence-corrected chi connectivity index (χ3v) is 4.90. The van der Waals surface area contributed by atoms with E-state index >= 15 is 0 Å². The lowest BCUT2D eigenvalue weighted by Gasteiger charge is -2.33. The van der Waals surface area contributed by atoms with Gasteiger partial charge in [0.15, 0.2) is 0 Å². The quantitative estimate of drug-likeness (QED) is 0.443. The fraction of sp³-hybridized carbons (Fsp3) is 0.316. The maximum Gasteiger partial charge on any atom is 0.254 e. The Labute approximate surface area is 172 Å². The number of primary amides is 1. The van der Waals surface area contributed by atoms with E-state index in [1.807, 2.05) is 24.3 Å². The minimum atomic E-state index is -0.631. The predicted octanol–water partition coefficient (Wildman–Crippen LogP) is 0.820. The van der Waals surface area contributed by atoms with Crippen LogP contribution in [0, 0.1) is 0 Å². The summed E-state index contributed by atoms with van der Waals surface area (Å²) < 4.78 is 5.37. The summed E-state index contributed by atoms with van der Waals surface area (Å²) in [5, 5.41) is 14.5. The third kappa shape index (κ3) is 4.53. The van der Waals surface area contributed by atoms with Crippen LogP contribution in [0.25, 0.3) is 5.69 Å². The highest BCUT2D eigenvalue weighted by Gasteiger charge is 2.28. The zero-order valence-corrected chi connectivity index (χ0v) is 16.3. The summed E-state index contributed by atoms with van der Waals surface area (Å²) in [6, 6.07) is 7.37. The van der Waals surface area contributed by atoms with Crippen LogP contribution in [0.15, 0.2) is 42.9 Å². The normalized spacial score (nSPS) is 15.5. The lowest BCUT2D eigenvalue weighted by molar-refractivity contribution is 0.0574. The maximum absolute atomic E-state index is 11.9. The first-order chi connectivity index (χ1) is 14.5. The van der Waals surface area contributed by atoms with Crippen molar-refractivity contribution >= 4 is 23.4 Å². The molecule has 1 aliphatic rings. The van der Waals surface area contributed by atoms with Crippen LogP contribution in [0.4, 0.5) is 17.5 Å². The van der Waals surface area contributed by atoms with Crippen LogP contribution in [-0.2, 0) is 4.74 Å². The monoisotopic (exact) mass is 409 g/mol. The molecule has 3 aromatic rings. The largest absolute Gasteiger partial charge is 0.381 e. The van der Waals surface area contributed by atoms with E-state index in [-0.39, 0.29) is 11.1 Å². The summed E-state index contributed by atoms with van der Waals surface area (Å²) in [5.74, 6) is 0.0148. The van der Waals surface area contributed by atoms with Gasteiger partial charge >= 0.3 is 0 Å². The van der Waals surface area contributed by atoms with E-state index < -0.39 is 5.91 Å². The molecular formula is C19H23N9O2. The SMILES string of the molecule is NC(=O)c1cnc(NCC2(N)CCOCC2)nc1Nc1cccc(-n2nccn2)c1. The number of carbonyl (C=O) groups excluding carboxylic acids is 1. The molecule has 6 N–H and O–H groups in total. The fourth-order valence-electron chi connectivity index (χ4n) is 3.15. The van der Waals surface area contributed by atoms with Gasteiger partial charge in [0, 0.05) is 37.2 Å². The number of ether oxygens (including phenoxy) is 1. The van der Waals surface area contributed by atoms with Crippen molar-refractivity contribution in [2.45, 2.75) is 18.4 Å². The van der Waals surface area contributed by atoms with Gasteiger partial charge in [0.05, 0.1) is 18.1 Å². The van der Waals surface area contributed by atoms with E-state index in [9.17, 15) is 4.79 Å². The van der Waals surface area contributed by atoms with Crippen molar-refractivity contribution in [2.24, 2.45) is 11.5 Å². The molecule has 1 aromatic carbocycles. The Bertz CT molecular complexity index is 1020. The Morgan fingerprint density at radius 2 is 2.00 bits per heavy atom. The van der Waals surface area contributed by atoms with Crippen molar-refractivity contribution in [1.82, 2.24) is 25.0 Å². The van der Waals surface area contributed by atoms with Gasteiger partial charge in [0.25, 0.3) is 5.91 Å². The second kappa shape index (κ2) is 8.43. The Kier molecular flexibility index (Phi) is 5.55. The van der Waals surface area contributed by atoms with Crippen molar-refractivity contribution in [3.8, 4) is 5.69 Å². The molecule has 1 aliphatic heterocycles. The molecule has 11 nitrogen and oxygen atoms in total. The minimum absolute atomic E-state index is 0.177. The summed E-state index contributed by atoms with van der Waals surface area (Å²) >= 11 is 0. The molecule has 0 aliphatic carbocycles. The first-order valence-electron chi connectivity index (χ1n) is 9.54. The lowest BCUT2D eigenvalue weighted by atomic mass is 9.91. The summed E-state index contributed by atoms with van der Waals surface area (Å²) in [7, 11) is 0. The fourth-order valence-corrected chi connectivity index (χ4v) is 3.15. The number of nitrogens with two attached hydrogens (primary N) is 2. The van der Waals surface area contributed by atoms with Crippen molar-refractivity contribution < 1.29 is 9.53 Å². The summed E-state index contributed by atoms with van der Waals surface area (Å²) in [4.78, 5) is 22.0. The maximum atomic E-state index is 11.9. The van der Waals surface area contributed by atoms with Gasteiger partial charge in [-0.1, -0.05) is 6.07 Å². The average Bonchev–Trinajstić information content (AvgIpc) is 3.28. The van der Waals surface area contributed by atoms with Crippen molar-refractivity contribution in [1.29, 1.82) is 0 Å². The molecule has 1 saturated heterocycles. The third-order valence-electron chi connectivity index (χ3n) is 4.90. The molecule has 0 bridgehead atoms. The summed E-state index contributed by atoms with van der Waals surface area (Å²) in [6.45, 7) is 1.76. The number of anilines is 3. The number of nitrogens with zero attached hydrogens (tertiary/aromatic N) is 5. The van der Waals surface area contributed by atoms with E-state index in [0.29, 0.717) is 37.2 Å². The van der Waals surface area contributed by atoms with E-state index in [1.165, 1.54) is 11.0 Å². The van der Waals surface area contributed by atoms with E-state index in [4.69, 9.17) is 16.2 Å². The number of rotatable bonds is 7. The Hall–Kier alpha value is -3.57. The van der Waals surface area contributed by atoms with Crippen LogP contribution in [0.1, 0.15) is 23.2 Å². The van der Waals surface area contributed by atoms with Crippen LogP contribution >= 0.6 is 0 Å². The highest BCUT2D eigenvalue weighted by Crippen LogP contribution is 2.22. The van der Waals surface area contributed by atoms with Gasteiger partial charge in [-0.2, -0.15) is 20.0 Å². The standard InChI is InChI=1S/C19H23N9O2/c20-16(29)15-11-22-18(23-12-19(21)4-8-30-9-5-19)27-17(15)26-13-2-1-3-14(10-13)28-24-6-7-25-28/h1-3,6-7,10-11H,4-5,8-9,12,21H2,(H2,20,29)(H2,22,23,26,27). The second-order valence-electron chi connectivity index (χ2n) is 7.14. The van der Waals surface area contributed by atoms with Crippen LogP contribution in [-0.4, -0.2) is 56.2 Å². The number of hydrogen-bond acceptors (Lipinski definition) is 9. The van der Waals surface area contributed by atoms with Gasteiger partial charge in [-0.05, 0) is 31.0 Å². The van der Waals surface area contributed by atoms with Crippen molar-refractivity contribution in [3.63, 3.8) is 0 Å². The van der Waals surface area contributed by atoms with Gasteiger partial charge in [0.1, 0.15) is 11.4 Å². The highest BCUT2D eigenvalue weighted by atomic mass is 16.5. The molecule has 11 heteroatoms. The van der Waals surface area contributed by atoms with E-state index in [0.717, 1.165) is 18.5 Å². The Morgan fingerprint density at radius 3 is 2.73 bits per heavy atom. The number of hydrogen-bond donors (Lipinski definition) is 4. The van der Waals surface area contributed by atoms with Crippen molar-refractivity contribution in [3.05, 3.63) is 48.4 Å². The lowest BCUT2D eigenvalue weighted by Crippen LogP contribution is -2.50. The van der Waals surface area contributed by atoms with Crippen molar-refractivity contribution in [2.75, 3.05) is 30.4 Å². The van der Waals surface area contributed by atoms with Crippen LogP contribution < -0.4 is 22.1 Å². The molecule has 1 fully saturated rings. The smallest absolute Gasteiger partial charge is 0.254 e. The zero-order valence-electron chi connectivity index (χ0n) is 16.3. The first-order valence-corrected chi connectivity index (χ1v) is 9.54. The van der Waals surface area contributed by atoms with Gasteiger partial charge in [0.2, 0.25) is 5.95 Å². The average molecular weight is 409 g/mol. The molecule has 0 unspecified atom stereocenters. The molecule has 0 atom stereocenters. The van der Waals surface area contributed by atoms with Gasteiger partial charge in [-0.3, -0.25) is 4.79 Å². The van der Waals surface area contributed by atoms with E-state index in [2.05, 4.69) is 30.8 Å². The molecule has 2 aromatic heterocycles. The number of carbonyl (C=O) groups is 1.